The van der Waals surface area contributed by atoms with Crippen LogP contribution in [0, 0.1) is 5.41 Å². The van der Waals surface area contributed by atoms with Gasteiger partial charge in [-0.15, -0.1) is 0 Å². The van der Waals surface area contributed by atoms with Gasteiger partial charge in [-0.05, 0) is 49.0 Å². The minimum Gasteiger partial charge on any atom is -0.387 e. The van der Waals surface area contributed by atoms with E-state index in [9.17, 15) is 31.4 Å². The molecule has 190 valence electrons. The molecule has 0 amide bonds. The Hall–Kier alpha value is -1.91. The number of para-hydroxylation sites is 1. The zero-order valence-corrected chi connectivity index (χ0v) is 19.4. The van der Waals surface area contributed by atoms with Crippen molar-refractivity contribution < 1.29 is 31.4 Å². The molecule has 0 saturated carbocycles. The van der Waals surface area contributed by atoms with Gasteiger partial charge in [0.25, 0.3) is 0 Å². The Morgan fingerprint density at radius 2 is 1.65 bits per heavy atom. The molecule has 1 aromatic carbocycles. The molecule has 2 heterocycles. The van der Waals surface area contributed by atoms with E-state index in [-0.39, 0.29) is 22.9 Å². The van der Waals surface area contributed by atoms with E-state index in [1.54, 1.807) is 0 Å². The highest BCUT2D eigenvalue weighted by molar-refractivity contribution is 5.86. The van der Waals surface area contributed by atoms with Crippen LogP contribution in [0.2, 0.25) is 0 Å². The van der Waals surface area contributed by atoms with E-state index in [2.05, 4.69) is 29.0 Å². The molecule has 10 heteroatoms. The van der Waals surface area contributed by atoms with Crippen molar-refractivity contribution in [3.8, 4) is 0 Å². The maximum atomic E-state index is 13.4. The van der Waals surface area contributed by atoms with Crippen molar-refractivity contribution in [1.29, 1.82) is 0 Å². The predicted octanol–water partition coefficient (Wildman–Crippen LogP) is 5.80. The van der Waals surface area contributed by atoms with E-state index >= 15 is 0 Å². The van der Waals surface area contributed by atoms with Crippen molar-refractivity contribution in [3.05, 3.63) is 41.1 Å². The summed E-state index contributed by atoms with van der Waals surface area (Å²) in [5.41, 5.74) is -3.95. The first-order valence-electron chi connectivity index (χ1n) is 11.5. The fraction of sp³-hybridized carbons (Fsp3) is 0.625. The minimum absolute atomic E-state index is 0.101. The van der Waals surface area contributed by atoms with Crippen LogP contribution in [0.15, 0.2) is 24.3 Å². The van der Waals surface area contributed by atoms with Gasteiger partial charge in [0.1, 0.15) is 5.69 Å². The first-order chi connectivity index (χ1) is 15.8. The largest absolute Gasteiger partial charge is 0.433 e. The van der Waals surface area contributed by atoms with Gasteiger partial charge in [-0.25, -0.2) is 4.98 Å². The van der Waals surface area contributed by atoms with Crippen LogP contribution in [-0.2, 0) is 12.4 Å². The van der Waals surface area contributed by atoms with Gasteiger partial charge < -0.3 is 15.3 Å². The van der Waals surface area contributed by atoms with Gasteiger partial charge >= 0.3 is 12.4 Å². The SMILES string of the molecule is CC(C)(CNCC(O)c1cc(C(F)(F)F)nc2c(C(F)(F)F)cccc12)CN1CCCCCC1. The highest BCUT2D eigenvalue weighted by Gasteiger charge is 2.38. The smallest absolute Gasteiger partial charge is 0.387 e. The number of nitrogens with zero attached hydrogens (tertiary/aromatic N) is 2. The molecule has 2 aromatic rings. The summed E-state index contributed by atoms with van der Waals surface area (Å²) in [7, 11) is 0. The zero-order chi connectivity index (χ0) is 25.1. The van der Waals surface area contributed by atoms with Crippen LogP contribution >= 0.6 is 0 Å². The van der Waals surface area contributed by atoms with E-state index < -0.39 is 35.2 Å². The molecule has 0 spiro atoms. The Labute approximate surface area is 195 Å². The molecule has 0 radical (unpaired) electrons. The third kappa shape index (κ3) is 6.82. The highest BCUT2D eigenvalue weighted by atomic mass is 19.4. The third-order valence-electron chi connectivity index (χ3n) is 6.12. The zero-order valence-electron chi connectivity index (χ0n) is 19.4. The van der Waals surface area contributed by atoms with E-state index in [0.717, 1.165) is 38.5 Å². The summed E-state index contributed by atoms with van der Waals surface area (Å²) in [5.74, 6) is 0. The third-order valence-corrected chi connectivity index (χ3v) is 6.12. The highest BCUT2D eigenvalue weighted by Crippen LogP contribution is 2.38. The van der Waals surface area contributed by atoms with E-state index in [1.807, 2.05) is 0 Å². The lowest BCUT2D eigenvalue weighted by molar-refractivity contribution is -0.142. The summed E-state index contributed by atoms with van der Waals surface area (Å²) in [5, 5.41) is 13.7. The van der Waals surface area contributed by atoms with Crippen molar-refractivity contribution in [2.45, 2.75) is 58.0 Å². The number of nitrogens with one attached hydrogen (secondary N) is 1. The molecule has 2 N–H and O–H groups in total. The number of hydrogen-bond donors (Lipinski definition) is 2. The van der Waals surface area contributed by atoms with E-state index in [0.29, 0.717) is 18.7 Å². The summed E-state index contributed by atoms with van der Waals surface area (Å²) >= 11 is 0. The number of fused-ring (bicyclic) bond motifs is 1. The van der Waals surface area contributed by atoms with Gasteiger partial charge in [0, 0.05) is 25.0 Å². The molecule has 1 aliphatic heterocycles. The second-order valence-corrected chi connectivity index (χ2v) is 9.80. The predicted molar refractivity (Wildman–Crippen MR) is 118 cm³/mol. The molecule has 1 atom stereocenters. The molecule has 34 heavy (non-hydrogen) atoms. The van der Waals surface area contributed by atoms with Crippen LogP contribution < -0.4 is 5.32 Å². The van der Waals surface area contributed by atoms with Gasteiger partial charge in [0.05, 0.1) is 17.2 Å². The molecule has 1 fully saturated rings. The Morgan fingerprint density at radius 3 is 2.24 bits per heavy atom. The lowest BCUT2D eigenvalue weighted by atomic mass is 9.92. The van der Waals surface area contributed by atoms with Crippen molar-refractivity contribution in [2.75, 3.05) is 32.7 Å². The van der Waals surface area contributed by atoms with Crippen LogP contribution in [0.1, 0.15) is 62.5 Å². The van der Waals surface area contributed by atoms with Crippen LogP contribution in [0.4, 0.5) is 26.3 Å². The Balaban J connectivity index is 1.79. The van der Waals surface area contributed by atoms with Crippen molar-refractivity contribution >= 4 is 10.9 Å². The normalized spacial score (nSPS) is 17.7. The van der Waals surface area contributed by atoms with Crippen LogP contribution in [-0.4, -0.2) is 47.7 Å². The van der Waals surface area contributed by atoms with Gasteiger partial charge in [0.2, 0.25) is 0 Å². The van der Waals surface area contributed by atoms with Crippen LogP contribution in [0.5, 0.6) is 0 Å². The van der Waals surface area contributed by atoms with E-state index in [4.69, 9.17) is 0 Å². The van der Waals surface area contributed by atoms with E-state index in [1.165, 1.54) is 18.9 Å². The van der Waals surface area contributed by atoms with Gasteiger partial charge in [-0.3, -0.25) is 0 Å². The van der Waals surface area contributed by atoms with Crippen molar-refractivity contribution in [1.82, 2.24) is 15.2 Å². The van der Waals surface area contributed by atoms with Gasteiger partial charge in [-0.2, -0.15) is 26.3 Å². The monoisotopic (exact) mass is 491 g/mol. The Kier molecular flexibility index (Phi) is 8.14. The molecular formula is C24H31F6N3O. The Morgan fingerprint density at radius 1 is 1.00 bits per heavy atom. The molecule has 1 aliphatic rings. The molecule has 0 aliphatic carbocycles. The second kappa shape index (κ2) is 10.4. The summed E-state index contributed by atoms with van der Waals surface area (Å²) in [4.78, 5) is 5.66. The number of aromatic nitrogens is 1. The number of rotatable bonds is 7. The first kappa shape index (κ1) is 26.7. The molecule has 4 nitrogen and oxygen atoms in total. The lowest BCUT2D eigenvalue weighted by Crippen LogP contribution is -2.41. The lowest BCUT2D eigenvalue weighted by Gasteiger charge is -2.32. The summed E-state index contributed by atoms with van der Waals surface area (Å²) < 4.78 is 80.5. The average Bonchev–Trinajstić information content (AvgIpc) is 2.99. The number of aliphatic hydroxyl groups excluding tert-OH is 1. The maximum Gasteiger partial charge on any atom is 0.433 e. The fourth-order valence-electron chi connectivity index (χ4n) is 4.54. The van der Waals surface area contributed by atoms with Crippen molar-refractivity contribution in [3.63, 3.8) is 0 Å². The van der Waals surface area contributed by atoms with Crippen LogP contribution in [0.3, 0.4) is 0 Å². The summed E-state index contributed by atoms with van der Waals surface area (Å²) in [6, 6.07) is 3.68. The molecular weight excluding hydrogens is 460 g/mol. The topological polar surface area (TPSA) is 48.4 Å². The fourth-order valence-corrected chi connectivity index (χ4v) is 4.54. The Bertz CT molecular complexity index is 966. The number of hydrogen-bond acceptors (Lipinski definition) is 4. The standard InChI is InChI=1S/C24H31F6N3O/c1-22(2,15-33-10-5-3-4-6-11-33)14-31-13-19(34)17-12-20(24(28,29)30)32-21-16(17)8-7-9-18(21)23(25,26)27/h7-9,12,19,31,34H,3-6,10-11,13-15H2,1-2H3. The number of pyridine rings is 1. The summed E-state index contributed by atoms with van der Waals surface area (Å²) in [6.45, 7) is 7.40. The van der Waals surface area contributed by atoms with Crippen molar-refractivity contribution in [2.24, 2.45) is 5.41 Å². The molecule has 1 unspecified atom stereocenters. The molecule has 1 aromatic heterocycles. The molecule has 0 bridgehead atoms. The number of aliphatic hydroxyl groups is 1. The molecule has 1 saturated heterocycles. The number of benzene rings is 1. The maximum absolute atomic E-state index is 13.4. The van der Waals surface area contributed by atoms with Gasteiger partial charge in [-0.1, -0.05) is 38.8 Å². The second-order valence-electron chi connectivity index (χ2n) is 9.80. The number of halogens is 6. The average molecular weight is 492 g/mol. The number of likely N-dealkylation sites (tertiary alicyclic amines) is 1. The first-order valence-corrected chi connectivity index (χ1v) is 11.5. The van der Waals surface area contributed by atoms with Crippen LogP contribution in [0.25, 0.3) is 10.9 Å². The van der Waals surface area contributed by atoms with Gasteiger partial charge in [0.15, 0.2) is 0 Å². The quantitative estimate of drug-likeness (QED) is 0.481. The molecule has 3 rings (SSSR count). The minimum atomic E-state index is -4.95. The summed E-state index contributed by atoms with van der Waals surface area (Å²) in [6.07, 6.45) is -6.53. The number of alkyl halides is 6.